The molecule has 1 atom stereocenters. The molecule has 9 heteroatoms. The molecule has 4 aromatic rings. The smallest absolute Gasteiger partial charge is 0.264 e. The van der Waals surface area contributed by atoms with Gasteiger partial charge >= 0.3 is 0 Å². The van der Waals surface area contributed by atoms with Gasteiger partial charge in [0, 0.05) is 18.0 Å². The first-order chi connectivity index (χ1) is 15.0. The van der Waals surface area contributed by atoms with Gasteiger partial charge in [0.2, 0.25) is 5.89 Å². The molecular formula is C22H19ClN4O3S. The summed E-state index contributed by atoms with van der Waals surface area (Å²) in [5, 5.41) is 1.16. The molecule has 31 heavy (non-hydrogen) atoms. The summed E-state index contributed by atoms with van der Waals surface area (Å²) in [6.45, 7) is 2.41. The van der Waals surface area contributed by atoms with Crippen molar-refractivity contribution in [3.05, 3.63) is 79.8 Å². The van der Waals surface area contributed by atoms with Crippen LogP contribution in [0, 0.1) is 6.92 Å². The van der Waals surface area contributed by atoms with Crippen molar-refractivity contribution in [3.63, 3.8) is 0 Å². The van der Waals surface area contributed by atoms with Gasteiger partial charge < -0.3 is 14.3 Å². The van der Waals surface area contributed by atoms with Crippen molar-refractivity contribution in [1.29, 1.82) is 0 Å². The summed E-state index contributed by atoms with van der Waals surface area (Å²) < 4.78 is 6.02. The zero-order valence-electron chi connectivity index (χ0n) is 16.7. The van der Waals surface area contributed by atoms with Crippen molar-refractivity contribution in [2.75, 3.05) is 6.54 Å². The molecule has 0 radical (unpaired) electrons. The maximum absolute atomic E-state index is 13.4. The summed E-state index contributed by atoms with van der Waals surface area (Å²) in [5.74, 6) is 1.12. The number of aromatic amines is 1. The summed E-state index contributed by atoms with van der Waals surface area (Å²) in [6.07, 6.45) is 5.24. The van der Waals surface area contributed by atoms with Crippen LogP contribution in [0.1, 0.15) is 51.3 Å². The van der Waals surface area contributed by atoms with E-state index >= 15 is 0 Å². The first kappa shape index (κ1) is 20.0. The van der Waals surface area contributed by atoms with E-state index in [-0.39, 0.29) is 17.5 Å². The Morgan fingerprint density at radius 1 is 1.35 bits per heavy atom. The van der Waals surface area contributed by atoms with Crippen molar-refractivity contribution in [2.24, 2.45) is 0 Å². The summed E-state index contributed by atoms with van der Waals surface area (Å²) in [4.78, 5) is 39.7. The number of amides is 1. The normalized spacial score (nSPS) is 16.3. The fourth-order valence-corrected chi connectivity index (χ4v) is 5.38. The van der Waals surface area contributed by atoms with Crippen LogP contribution in [0.2, 0.25) is 5.02 Å². The molecule has 0 saturated carbocycles. The number of H-pyrrole nitrogens is 1. The molecule has 158 valence electrons. The van der Waals surface area contributed by atoms with E-state index in [4.69, 9.17) is 16.0 Å². The van der Waals surface area contributed by atoms with E-state index in [9.17, 15) is 9.59 Å². The molecule has 7 nitrogen and oxygen atoms in total. The standard InChI is InChI=1S/C22H19ClN4O3S/c1-12-17-19(28)25-11-26-21(17)31-18(12)22(29)27-8-4-7-16(27)20-24-10-14(30-20)9-13-5-2-3-6-15(13)23/h2-3,5-6,10-11,16H,4,7-9H2,1H3,(H,25,26,28)/t16-/m1/s1. The highest BCUT2D eigenvalue weighted by atomic mass is 35.5. The molecule has 1 aromatic carbocycles. The lowest BCUT2D eigenvalue weighted by Gasteiger charge is -2.22. The number of halogens is 1. The number of oxazole rings is 1. The van der Waals surface area contributed by atoms with E-state index in [0.717, 1.165) is 18.4 Å². The molecule has 0 spiro atoms. The summed E-state index contributed by atoms with van der Waals surface area (Å²) >= 11 is 7.51. The summed E-state index contributed by atoms with van der Waals surface area (Å²) in [5.41, 5.74) is 1.40. The van der Waals surface area contributed by atoms with E-state index in [0.29, 0.717) is 50.3 Å². The molecular weight excluding hydrogens is 436 g/mol. The number of likely N-dealkylation sites (tertiary alicyclic amines) is 1. The molecule has 1 aliphatic rings. The highest BCUT2D eigenvalue weighted by molar-refractivity contribution is 7.20. The van der Waals surface area contributed by atoms with Gasteiger partial charge in [-0.25, -0.2) is 9.97 Å². The fourth-order valence-electron chi connectivity index (χ4n) is 4.07. The molecule has 0 aliphatic carbocycles. The van der Waals surface area contributed by atoms with Gasteiger partial charge in [0.1, 0.15) is 16.6 Å². The third kappa shape index (κ3) is 3.55. The molecule has 5 rings (SSSR count). The molecule has 0 bridgehead atoms. The number of aromatic nitrogens is 3. The predicted octanol–water partition coefficient (Wildman–Crippen LogP) is 4.50. The van der Waals surface area contributed by atoms with Crippen molar-refractivity contribution in [2.45, 2.75) is 32.2 Å². The number of benzene rings is 1. The second-order valence-corrected chi connectivity index (χ2v) is 8.96. The van der Waals surface area contributed by atoms with Crippen LogP contribution in [0.3, 0.4) is 0 Å². The number of carbonyl (C=O) groups is 1. The van der Waals surface area contributed by atoms with E-state index in [1.807, 2.05) is 24.3 Å². The van der Waals surface area contributed by atoms with Gasteiger partial charge in [0.25, 0.3) is 11.5 Å². The van der Waals surface area contributed by atoms with Crippen molar-refractivity contribution >= 4 is 39.1 Å². The molecule has 3 aromatic heterocycles. The highest BCUT2D eigenvalue weighted by Crippen LogP contribution is 2.36. The summed E-state index contributed by atoms with van der Waals surface area (Å²) in [7, 11) is 0. The van der Waals surface area contributed by atoms with Gasteiger partial charge in [-0.05, 0) is 37.0 Å². The second-order valence-electron chi connectivity index (χ2n) is 7.56. The lowest BCUT2D eigenvalue weighted by atomic mass is 10.1. The maximum Gasteiger partial charge on any atom is 0.264 e. The van der Waals surface area contributed by atoms with Gasteiger partial charge in [0.15, 0.2) is 0 Å². The zero-order valence-corrected chi connectivity index (χ0v) is 18.3. The van der Waals surface area contributed by atoms with Crippen LogP contribution < -0.4 is 5.56 Å². The topological polar surface area (TPSA) is 92.1 Å². The van der Waals surface area contributed by atoms with Crippen LogP contribution in [0.5, 0.6) is 0 Å². The first-order valence-corrected chi connectivity index (χ1v) is 11.2. The van der Waals surface area contributed by atoms with Crippen LogP contribution in [0.4, 0.5) is 0 Å². The maximum atomic E-state index is 13.4. The Morgan fingerprint density at radius 2 is 2.19 bits per heavy atom. The van der Waals surface area contributed by atoms with Gasteiger partial charge in [0.05, 0.1) is 22.8 Å². The van der Waals surface area contributed by atoms with E-state index in [1.54, 1.807) is 18.0 Å². The average Bonchev–Trinajstić information content (AvgIpc) is 3.48. The fraction of sp³-hybridized carbons (Fsp3) is 0.273. The van der Waals surface area contributed by atoms with Crippen LogP contribution in [0.25, 0.3) is 10.2 Å². The van der Waals surface area contributed by atoms with Gasteiger partial charge in [-0.3, -0.25) is 9.59 Å². The average molecular weight is 455 g/mol. The van der Waals surface area contributed by atoms with Crippen molar-refractivity contribution in [1.82, 2.24) is 19.9 Å². The van der Waals surface area contributed by atoms with Crippen molar-refractivity contribution < 1.29 is 9.21 Å². The molecule has 0 unspecified atom stereocenters. The molecule has 1 fully saturated rings. The van der Waals surface area contributed by atoms with Gasteiger partial charge in [-0.2, -0.15) is 0 Å². The number of hydrogen-bond acceptors (Lipinski definition) is 6. The monoisotopic (exact) mass is 454 g/mol. The largest absolute Gasteiger partial charge is 0.443 e. The number of carbonyl (C=O) groups excluding carboxylic acids is 1. The Balaban J connectivity index is 1.42. The van der Waals surface area contributed by atoms with Crippen LogP contribution in [-0.2, 0) is 6.42 Å². The van der Waals surface area contributed by atoms with E-state index in [1.165, 1.54) is 17.7 Å². The van der Waals surface area contributed by atoms with Crippen molar-refractivity contribution in [3.8, 4) is 0 Å². The van der Waals surface area contributed by atoms with Crippen LogP contribution in [-0.4, -0.2) is 32.3 Å². The minimum atomic E-state index is -0.233. The number of nitrogens with zero attached hydrogens (tertiary/aromatic N) is 3. The van der Waals surface area contributed by atoms with Crippen LogP contribution in [0.15, 0.2) is 46.0 Å². The Labute approximate surface area is 186 Å². The Morgan fingerprint density at radius 3 is 3.00 bits per heavy atom. The lowest BCUT2D eigenvalue weighted by Crippen LogP contribution is -2.30. The Bertz CT molecular complexity index is 1340. The number of rotatable bonds is 4. The number of thiophene rings is 1. The number of fused-ring (bicyclic) bond motifs is 1. The minimum Gasteiger partial charge on any atom is -0.443 e. The Hall–Kier alpha value is -2.97. The van der Waals surface area contributed by atoms with E-state index < -0.39 is 0 Å². The first-order valence-electron chi connectivity index (χ1n) is 9.98. The number of nitrogens with one attached hydrogen (secondary N) is 1. The molecule has 4 heterocycles. The minimum absolute atomic E-state index is 0.117. The molecule has 1 saturated heterocycles. The number of hydrogen-bond donors (Lipinski definition) is 1. The summed E-state index contributed by atoms with van der Waals surface area (Å²) in [6, 6.07) is 7.39. The lowest BCUT2D eigenvalue weighted by molar-refractivity contribution is 0.0719. The highest BCUT2D eigenvalue weighted by Gasteiger charge is 2.35. The molecule has 1 N–H and O–H groups in total. The second kappa shape index (κ2) is 7.94. The third-order valence-corrected chi connectivity index (χ3v) is 7.18. The predicted molar refractivity (Wildman–Crippen MR) is 119 cm³/mol. The Kier molecular flexibility index (Phi) is 5.11. The quantitative estimate of drug-likeness (QED) is 0.490. The van der Waals surface area contributed by atoms with E-state index in [2.05, 4.69) is 15.0 Å². The van der Waals surface area contributed by atoms with Gasteiger partial charge in [-0.1, -0.05) is 29.8 Å². The molecule has 1 amide bonds. The zero-order chi connectivity index (χ0) is 21.5. The number of aryl methyl sites for hydroxylation is 1. The third-order valence-electron chi connectivity index (χ3n) is 5.62. The molecule has 1 aliphatic heterocycles. The SMILES string of the molecule is Cc1c(C(=O)N2CCC[C@@H]2c2ncc(Cc3ccccc3Cl)o2)sc2nc[nH]c(=O)c12. The van der Waals surface area contributed by atoms with Crippen LogP contribution >= 0.6 is 22.9 Å². The van der Waals surface area contributed by atoms with Gasteiger partial charge in [-0.15, -0.1) is 11.3 Å².